The average molecular weight is 230 g/mol. The van der Waals surface area contributed by atoms with Gasteiger partial charge in [0.15, 0.2) is 0 Å². The van der Waals surface area contributed by atoms with Crippen molar-refractivity contribution in [2.45, 2.75) is 19.3 Å². The van der Waals surface area contributed by atoms with Crippen molar-refractivity contribution in [1.29, 1.82) is 0 Å². The number of piperidine rings is 1. The SMILES string of the molecule is c1ccc(CCN2CC3(CCCNC3)C2)cc1. The molecule has 3 rings (SSSR count). The second kappa shape index (κ2) is 4.79. The third-order valence-corrected chi connectivity index (χ3v) is 4.24. The van der Waals surface area contributed by atoms with Gasteiger partial charge in [0.05, 0.1) is 0 Å². The molecule has 2 nitrogen and oxygen atoms in total. The van der Waals surface area contributed by atoms with Crippen LogP contribution in [0.2, 0.25) is 0 Å². The second-order valence-electron chi connectivity index (χ2n) is 5.73. The Morgan fingerprint density at radius 1 is 1.18 bits per heavy atom. The number of nitrogens with zero attached hydrogens (tertiary/aromatic N) is 1. The molecule has 2 fully saturated rings. The largest absolute Gasteiger partial charge is 0.316 e. The first-order chi connectivity index (χ1) is 8.36. The van der Waals surface area contributed by atoms with Crippen LogP contribution in [0, 0.1) is 5.41 Å². The fourth-order valence-electron chi connectivity index (χ4n) is 3.29. The quantitative estimate of drug-likeness (QED) is 0.853. The molecule has 1 N–H and O–H groups in total. The summed E-state index contributed by atoms with van der Waals surface area (Å²) in [5.74, 6) is 0. The van der Waals surface area contributed by atoms with E-state index in [9.17, 15) is 0 Å². The molecule has 92 valence electrons. The van der Waals surface area contributed by atoms with Gasteiger partial charge in [-0.05, 0) is 31.4 Å². The molecular formula is C15H22N2. The zero-order valence-electron chi connectivity index (χ0n) is 10.5. The summed E-state index contributed by atoms with van der Waals surface area (Å²) in [6.07, 6.45) is 4.00. The van der Waals surface area contributed by atoms with Crippen LogP contribution in [-0.2, 0) is 6.42 Å². The van der Waals surface area contributed by atoms with Crippen LogP contribution in [0.4, 0.5) is 0 Å². The van der Waals surface area contributed by atoms with Gasteiger partial charge in [-0.1, -0.05) is 30.3 Å². The summed E-state index contributed by atoms with van der Waals surface area (Å²) in [5, 5.41) is 3.55. The van der Waals surface area contributed by atoms with E-state index in [2.05, 4.69) is 40.5 Å². The fourth-order valence-corrected chi connectivity index (χ4v) is 3.29. The lowest BCUT2D eigenvalue weighted by atomic mass is 9.74. The first-order valence-electron chi connectivity index (χ1n) is 6.83. The van der Waals surface area contributed by atoms with Crippen molar-refractivity contribution in [1.82, 2.24) is 10.2 Å². The minimum atomic E-state index is 0.634. The molecule has 17 heavy (non-hydrogen) atoms. The average Bonchev–Trinajstić information content (AvgIpc) is 2.36. The van der Waals surface area contributed by atoms with Gasteiger partial charge < -0.3 is 10.2 Å². The number of benzene rings is 1. The third-order valence-electron chi connectivity index (χ3n) is 4.24. The van der Waals surface area contributed by atoms with Gasteiger partial charge in [-0.2, -0.15) is 0 Å². The van der Waals surface area contributed by atoms with Gasteiger partial charge in [0.25, 0.3) is 0 Å². The highest BCUT2D eigenvalue weighted by Crippen LogP contribution is 2.36. The van der Waals surface area contributed by atoms with E-state index in [0.717, 1.165) is 0 Å². The van der Waals surface area contributed by atoms with Crippen LogP contribution in [0.5, 0.6) is 0 Å². The molecule has 2 aliphatic rings. The predicted molar refractivity (Wildman–Crippen MR) is 71.1 cm³/mol. The van der Waals surface area contributed by atoms with Crippen LogP contribution >= 0.6 is 0 Å². The second-order valence-corrected chi connectivity index (χ2v) is 5.73. The summed E-state index contributed by atoms with van der Waals surface area (Å²) in [7, 11) is 0. The highest BCUT2D eigenvalue weighted by atomic mass is 15.2. The van der Waals surface area contributed by atoms with Gasteiger partial charge in [0.2, 0.25) is 0 Å². The maximum Gasteiger partial charge on any atom is 0.00827 e. The summed E-state index contributed by atoms with van der Waals surface area (Å²) in [5.41, 5.74) is 2.10. The molecule has 2 saturated heterocycles. The number of nitrogens with one attached hydrogen (secondary N) is 1. The summed E-state index contributed by atoms with van der Waals surface area (Å²) >= 11 is 0. The lowest BCUT2D eigenvalue weighted by molar-refractivity contribution is -0.0162. The highest BCUT2D eigenvalue weighted by molar-refractivity contribution is 5.15. The van der Waals surface area contributed by atoms with Crippen molar-refractivity contribution in [2.75, 3.05) is 32.7 Å². The van der Waals surface area contributed by atoms with E-state index in [0.29, 0.717) is 5.41 Å². The summed E-state index contributed by atoms with van der Waals surface area (Å²) < 4.78 is 0. The number of hydrogen-bond donors (Lipinski definition) is 1. The highest BCUT2D eigenvalue weighted by Gasteiger charge is 2.42. The molecule has 0 aliphatic carbocycles. The molecule has 0 bridgehead atoms. The summed E-state index contributed by atoms with van der Waals surface area (Å²) in [6.45, 7) is 6.33. The predicted octanol–water partition coefficient (Wildman–Crippen LogP) is 1.91. The Bertz CT molecular complexity index is 346. The third kappa shape index (κ3) is 2.53. The topological polar surface area (TPSA) is 15.3 Å². The van der Waals surface area contributed by atoms with Gasteiger partial charge >= 0.3 is 0 Å². The van der Waals surface area contributed by atoms with Crippen LogP contribution in [0.25, 0.3) is 0 Å². The Hall–Kier alpha value is -0.860. The summed E-state index contributed by atoms with van der Waals surface area (Å²) in [4.78, 5) is 2.61. The molecule has 1 aromatic rings. The van der Waals surface area contributed by atoms with Gasteiger partial charge in [-0.3, -0.25) is 0 Å². The van der Waals surface area contributed by atoms with Crippen molar-refractivity contribution in [3.8, 4) is 0 Å². The van der Waals surface area contributed by atoms with Crippen LogP contribution in [0.15, 0.2) is 30.3 Å². The molecule has 2 heteroatoms. The molecule has 0 amide bonds. The minimum Gasteiger partial charge on any atom is -0.316 e. The van der Waals surface area contributed by atoms with Gasteiger partial charge in [-0.25, -0.2) is 0 Å². The Morgan fingerprint density at radius 2 is 2.00 bits per heavy atom. The Morgan fingerprint density at radius 3 is 2.71 bits per heavy atom. The zero-order valence-corrected chi connectivity index (χ0v) is 10.5. The van der Waals surface area contributed by atoms with Crippen molar-refractivity contribution < 1.29 is 0 Å². The van der Waals surface area contributed by atoms with E-state index in [-0.39, 0.29) is 0 Å². The first-order valence-corrected chi connectivity index (χ1v) is 6.83. The maximum absolute atomic E-state index is 3.55. The van der Waals surface area contributed by atoms with Crippen molar-refractivity contribution in [3.05, 3.63) is 35.9 Å². The van der Waals surface area contributed by atoms with E-state index in [4.69, 9.17) is 0 Å². The van der Waals surface area contributed by atoms with Crippen LogP contribution in [-0.4, -0.2) is 37.6 Å². The number of likely N-dealkylation sites (tertiary alicyclic amines) is 1. The molecular weight excluding hydrogens is 208 g/mol. The summed E-state index contributed by atoms with van der Waals surface area (Å²) in [6, 6.07) is 10.8. The van der Waals surface area contributed by atoms with E-state index in [1.807, 2.05) is 0 Å². The molecule has 2 aliphatic heterocycles. The maximum atomic E-state index is 3.55. The monoisotopic (exact) mass is 230 g/mol. The molecule has 1 aromatic carbocycles. The van der Waals surface area contributed by atoms with E-state index in [1.165, 1.54) is 57.5 Å². The Kier molecular flexibility index (Phi) is 3.17. The van der Waals surface area contributed by atoms with Crippen molar-refractivity contribution in [2.24, 2.45) is 5.41 Å². The molecule has 0 saturated carbocycles. The van der Waals surface area contributed by atoms with Gasteiger partial charge in [-0.15, -0.1) is 0 Å². The minimum absolute atomic E-state index is 0.634. The lowest BCUT2D eigenvalue weighted by Crippen LogP contribution is -2.62. The van der Waals surface area contributed by atoms with Crippen molar-refractivity contribution in [3.63, 3.8) is 0 Å². The van der Waals surface area contributed by atoms with E-state index < -0.39 is 0 Å². The van der Waals surface area contributed by atoms with Crippen molar-refractivity contribution >= 4 is 0 Å². The lowest BCUT2D eigenvalue weighted by Gasteiger charge is -2.52. The first kappa shape index (κ1) is 11.2. The van der Waals surface area contributed by atoms with Crippen LogP contribution in [0.1, 0.15) is 18.4 Å². The van der Waals surface area contributed by atoms with Crippen LogP contribution in [0.3, 0.4) is 0 Å². The molecule has 0 radical (unpaired) electrons. The number of hydrogen-bond acceptors (Lipinski definition) is 2. The number of rotatable bonds is 3. The van der Waals surface area contributed by atoms with Gasteiger partial charge in [0.1, 0.15) is 0 Å². The molecule has 0 aromatic heterocycles. The van der Waals surface area contributed by atoms with E-state index >= 15 is 0 Å². The molecule has 2 heterocycles. The Labute approximate surface area is 104 Å². The molecule has 1 spiro atoms. The fraction of sp³-hybridized carbons (Fsp3) is 0.600. The Balaban J connectivity index is 1.44. The van der Waals surface area contributed by atoms with E-state index in [1.54, 1.807) is 0 Å². The zero-order chi connectivity index (χ0) is 11.6. The normalized spacial score (nSPS) is 23.5. The molecule has 0 unspecified atom stereocenters. The standard InChI is InChI=1S/C15H22N2/c1-2-5-14(6-3-1)7-10-17-12-15(13-17)8-4-9-16-11-15/h1-3,5-6,16H,4,7-13H2. The molecule has 0 atom stereocenters. The van der Waals surface area contributed by atoms with Gasteiger partial charge in [0, 0.05) is 31.6 Å². The smallest absolute Gasteiger partial charge is 0.00827 e. The van der Waals surface area contributed by atoms with Crippen LogP contribution < -0.4 is 5.32 Å².